The Bertz CT molecular complexity index is 708. The molecular weight excluding hydrogens is 337 g/mol. The van der Waals surface area contributed by atoms with Crippen LogP contribution in [-0.4, -0.2) is 47.1 Å². The number of benzene rings is 1. The molecule has 25 heavy (non-hydrogen) atoms. The molecule has 1 amide bonds. The molecule has 0 radical (unpaired) electrons. The summed E-state index contributed by atoms with van der Waals surface area (Å²) in [5.74, 6) is 0.614. The number of thioether (sulfide) groups is 1. The van der Waals surface area contributed by atoms with E-state index in [1.165, 1.54) is 17.7 Å². The van der Waals surface area contributed by atoms with Crippen LogP contribution in [0.15, 0.2) is 40.4 Å². The first-order valence-corrected chi connectivity index (χ1v) is 9.77. The summed E-state index contributed by atoms with van der Waals surface area (Å²) >= 11 is 1.63. The van der Waals surface area contributed by atoms with Crippen molar-refractivity contribution in [2.45, 2.75) is 25.7 Å². The summed E-state index contributed by atoms with van der Waals surface area (Å²) in [6.45, 7) is 3.39. The minimum Gasteiger partial charge on any atom is -0.342 e. The molecule has 0 aliphatic carbocycles. The average molecular weight is 359 g/mol. The van der Waals surface area contributed by atoms with Crippen molar-refractivity contribution in [1.82, 2.24) is 9.80 Å². The molecule has 3 aliphatic rings. The minimum atomic E-state index is -0.185. The van der Waals surface area contributed by atoms with Crippen molar-refractivity contribution in [3.8, 4) is 0 Å². The van der Waals surface area contributed by atoms with Gasteiger partial charge in [0.25, 0.3) is 0 Å². The number of carbonyl (C=O) groups excluding carboxylic acids is 1. The van der Waals surface area contributed by atoms with E-state index in [9.17, 15) is 9.18 Å². The first-order chi connectivity index (χ1) is 12.2. The number of carbonyl (C=O) groups is 1. The van der Waals surface area contributed by atoms with E-state index in [4.69, 9.17) is 0 Å². The number of rotatable bonds is 4. The standard InChI is InChI=1S/C19H22FN3OS/c20-16-3-1-14(2-4-16)11-15-5-8-22(9-6-15)18(24)12-17-13-25-19-21-7-10-23(17)19/h1-4,13,15H,5-12H2. The van der Waals surface area contributed by atoms with Crippen molar-refractivity contribution in [3.63, 3.8) is 0 Å². The number of fused-ring (bicyclic) bond motifs is 1. The molecule has 0 spiro atoms. The highest BCUT2D eigenvalue weighted by molar-refractivity contribution is 8.16. The zero-order valence-electron chi connectivity index (χ0n) is 14.2. The van der Waals surface area contributed by atoms with Gasteiger partial charge in [-0.3, -0.25) is 9.79 Å². The molecular formula is C19H22FN3OS. The second-order valence-electron chi connectivity index (χ2n) is 6.87. The third-order valence-corrected chi connectivity index (χ3v) is 6.14. The van der Waals surface area contributed by atoms with Crippen molar-refractivity contribution < 1.29 is 9.18 Å². The predicted molar refractivity (Wildman–Crippen MR) is 98.7 cm³/mol. The Balaban J connectivity index is 1.26. The maximum absolute atomic E-state index is 13.0. The number of nitrogens with zero attached hydrogens (tertiary/aromatic N) is 3. The molecule has 3 aliphatic heterocycles. The van der Waals surface area contributed by atoms with Crippen molar-refractivity contribution in [1.29, 1.82) is 0 Å². The number of amides is 1. The minimum absolute atomic E-state index is 0.185. The lowest BCUT2D eigenvalue weighted by Gasteiger charge is -2.32. The van der Waals surface area contributed by atoms with Crippen LogP contribution in [0.2, 0.25) is 0 Å². The van der Waals surface area contributed by atoms with Crippen molar-refractivity contribution in [2.24, 2.45) is 10.9 Å². The van der Waals surface area contributed by atoms with Crippen LogP contribution in [0.25, 0.3) is 0 Å². The Hall–Kier alpha value is -1.82. The van der Waals surface area contributed by atoms with E-state index in [2.05, 4.69) is 15.3 Å². The quantitative estimate of drug-likeness (QED) is 0.828. The van der Waals surface area contributed by atoms with Gasteiger partial charge >= 0.3 is 0 Å². The fourth-order valence-corrected chi connectivity index (χ4v) is 4.68. The first-order valence-electron chi connectivity index (χ1n) is 8.89. The second kappa shape index (κ2) is 7.20. The SMILES string of the molecule is O=C(CC1=CSC2=NCCN12)N1CCC(Cc2ccc(F)cc2)CC1. The highest BCUT2D eigenvalue weighted by atomic mass is 32.2. The van der Waals surface area contributed by atoms with E-state index in [0.717, 1.165) is 56.3 Å². The van der Waals surface area contributed by atoms with Crippen LogP contribution >= 0.6 is 11.8 Å². The lowest BCUT2D eigenvalue weighted by Crippen LogP contribution is -2.39. The van der Waals surface area contributed by atoms with Gasteiger partial charge in [-0.05, 0) is 48.3 Å². The first kappa shape index (κ1) is 16.6. The van der Waals surface area contributed by atoms with Gasteiger partial charge in [-0.1, -0.05) is 23.9 Å². The molecule has 0 N–H and O–H groups in total. The van der Waals surface area contributed by atoms with Gasteiger partial charge in [-0.15, -0.1) is 0 Å². The molecule has 1 aromatic carbocycles. The van der Waals surface area contributed by atoms with Crippen LogP contribution in [0.1, 0.15) is 24.8 Å². The number of hydrogen-bond acceptors (Lipinski definition) is 4. The maximum Gasteiger partial charge on any atom is 0.228 e. The van der Waals surface area contributed by atoms with E-state index in [1.807, 2.05) is 17.0 Å². The summed E-state index contributed by atoms with van der Waals surface area (Å²) in [6.07, 6.45) is 3.49. The van der Waals surface area contributed by atoms with Crippen molar-refractivity contribution in [2.75, 3.05) is 26.2 Å². The van der Waals surface area contributed by atoms with E-state index in [0.29, 0.717) is 12.3 Å². The Morgan fingerprint density at radius 1 is 1.20 bits per heavy atom. The molecule has 0 aromatic heterocycles. The number of aliphatic imine (C=N–C) groups is 1. The Labute approximate surface area is 151 Å². The molecule has 0 atom stereocenters. The summed E-state index contributed by atoms with van der Waals surface area (Å²) in [5.41, 5.74) is 2.28. The molecule has 0 bridgehead atoms. The molecule has 0 saturated carbocycles. The third-order valence-electron chi connectivity index (χ3n) is 5.19. The molecule has 4 nitrogen and oxygen atoms in total. The van der Waals surface area contributed by atoms with Crippen LogP contribution in [-0.2, 0) is 11.2 Å². The summed E-state index contributed by atoms with van der Waals surface area (Å²) in [5, 5.41) is 3.11. The van der Waals surface area contributed by atoms with Gasteiger partial charge in [0, 0.05) is 25.3 Å². The van der Waals surface area contributed by atoms with Crippen LogP contribution in [0.3, 0.4) is 0 Å². The zero-order valence-corrected chi connectivity index (χ0v) is 15.0. The normalized spacial score (nSPS) is 20.5. The van der Waals surface area contributed by atoms with E-state index < -0.39 is 0 Å². The molecule has 3 heterocycles. The Kier molecular flexibility index (Phi) is 4.79. The fraction of sp³-hybridized carbons (Fsp3) is 0.474. The van der Waals surface area contributed by atoms with Crippen molar-refractivity contribution >= 4 is 22.8 Å². The molecule has 4 rings (SSSR count). The number of piperidine rings is 1. The number of hydrogen-bond donors (Lipinski definition) is 0. The number of likely N-dealkylation sites (tertiary alicyclic amines) is 1. The van der Waals surface area contributed by atoms with Gasteiger partial charge in [0.2, 0.25) is 5.91 Å². The van der Waals surface area contributed by atoms with Crippen LogP contribution in [0.4, 0.5) is 4.39 Å². The van der Waals surface area contributed by atoms with Gasteiger partial charge in [0.05, 0.1) is 13.0 Å². The van der Waals surface area contributed by atoms with E-state index >= 15 is 0 Å². The Morgan fingerprint density at radius 2 is 1.96 bits per heavy atom. The molecule has 6 heteroatoms. The number of amidine groups is 1. The molecule has 0 unspecified atom stereocenters. The molecule has 1 saturated heterocycles. The Morgan fingerprint density at radius 3 is 2.72 bits per heavy atom. The van der Waals surface area contributed by atoms with Crippen LogP contribution in [0.5, 0.6) is 0 Å². The lowest BCUT2D eigenvalue weighted by atomic mass is 9.90. The lowest BCUT2D eigenvalue weighted by molar-refractivity contribution is -0.132. The van der Waals surface area contributed by atoms with Crippen LogP contribution < -0.4 is 0 Å². The zero-order chi connectivity index (χ0) is 17.2. The van der Waals surface area contributed by atoms with Gasteiger partial charge in [-0.25, -0.2) is 4.39 Å². The summed E-state index contributed by atoms with van der Waals surface area (Å²) in [7, 11) is 0. The summed E-state index contributed by atoms with van der Waals surface area (Å²) in [6, 6.07) is 6.78. The highest BCUT2D eigenvalue weighted by Crippen LogP contribution is 2.31. The monoisotopic (exact) mass is 359 g/mol. The third kappa shape index (κ3) is 3.73. The smallest absolute Gasteiger partial charge is 0.228 e. The topological polar surface area (TPSA) is 35.9 Å². The van der Waals surface area contributed by atoms with Crippen LogP contribution in [0, 0.1) is 11.7 Å². The summed E-state index contributed by atoms with van der Waals surface area (Å²) < 4.78 is 13.0. The highest BCUT2D eigenvalue weighted by Gasteiger charge is 2.30. The van der Waals surface area contributed by atoms with Gasteiger partial charge in [0.1, 0.15) is 5.82 Å². The molecule has 132 valence electrons. The van der Waals surface area contributed by atoms with E-state index in [-0.39, 0.29) is 11.7 Å². The van der Waals surface area contributed by atoms with Gasteiger partial charge in [0.15, 0.2) is 5.17 Å². The molecule has 1 aromatic rings. The second-order valence-corrected chi connectivity index (χ2v) is 7.71. The predicted octanol–water partition coefficient (Wildman–Crippen LogP) is 3.26. The largest absolute Gasteiger partial charge is 0.342 e. The van der Waals surface area contributed by atoms with Gasteiger partial charge in [-0.2, -0.15) is 0 Å². The van der Waals surface area contributed by atoms with E-state index in [1.54, 1.807) is 11.8 Å². The van der Waals surface area contributed by atoms with Crippen molar-refractivity contribution in [3.05, 3.63) is 46.8 Å². The summed E-state index contributed by atoms with van der Waals surface area (Å²) in [4.78, 5) is 21.2. The fourth-order valence-electron chi connectivity index (χ4n) is 3.72. The average Bonchev–Trinajstić information content (AvgIpc) is 3.23. The van der Waals surface area contributed by atoms with Gasteiger partial charge < -0.3 is 9.80 Å². The molecule has 1 fully saturated rings. The number of halogens is 1. The maximum atomic E-state index is 13.0.